The first-order valence-corrected chi connectivity index (χ1v) is 7.84. The number of aromatic nitrogens is 2. The van der Waals surface area contributed by atoms with Crippen molar-refractivity contribution in [3.63, 3.8) is 0 Å². The zero-order valence-corrected chi connectivity index (χ0v) is 12.9. The van der Waals surface area contributed by atoms with E-state index in [0.29, 0.717) is 13.1 Å². The lowest BCUT2D eigenvalue weighted by molar-refractivity contribution is -0.140. The van der Waals surface area contributed by atoms with E-state index in [4.69, 9.17) is 4.74 Å². The van der Waals surface area contributed by atoms with Crippen LogP contribution in [0.15, 0.2) is 30.0 Å². The van der Waals surface area contributed by atoms with Crippen molar-refractivity contribution in [2.45, 2.75) is 26.0 Å². The van der Waals surface area contributed by atoms with Crippen LogP contribution >= 0.6 is 11.3 Å². The fourth-order valence-corrected chi connectivity index (χ4v) is 3.26. The Labute approximate surface area is 131 Å². The Morgan fingerprint density at radius 2 is 2.27 bits per heavy atom. The summed E-state index contributed by atoms with van der Waals surface area (Å²) >= 11 is 1.72. The summed E-state index contributed by atoms with van der Waals surface area (Å²) < 4.78 is 5.19. The van der Waals surface area contributed by atoms with Crippen LogP contribution in [0.1, 0.15) is 27.9 Å². The van der Waals surface area contributed by atoms with E-state index >= 15 is 0 Å². The van der Waals surface area contributed by atoms with Gasteiger partial charge in [0, 0.05) is 30.4 Å². The Balaban J connectivity index is 1.62. The van der Waals surface area contributed by atoms with Crippen LogP contribution in [0, 0.1) is 0 Å². The highest BCUT2D eigenvalue weighted by Crippen LogP contribution is 2.24. The van der Waals surface area contributed by atoms with Crippen LogP contribution in [0.3, 0.4) is 0 Å². The van der Waals surface area contributed by atoms with Gasteiger partial charge in [-0.15, -0.1) is 11.3 Å². The predicted molar refractivity (Wildman–Crippen MR) is 80.3 cm³/mol. The first kappa shape index (κ1) is 14.6. The number of ether oxygens (including phenoxy) is 1. The Bertz CT molecular complexity index is 686. The normalized spacial score (nSPS) is 15.0. The molecule has 22 heavy (non-hydrogen) atoms. The van der Waals surface area contributed by atoms with Gasteiger partial charge in [0.05, 0.1) is 6.20 Å². The number of amides is 1. The fourth-order valence-electron chi connectivity index (χ4n) is 2.37. The van der Waals surface area contributed by atoms with Crippen LogP contribution in [0.4, 0.5) is 0 Å². The van der Waals surface area contributed by atoms with Gasteiger partial charge in [-0.05, 0) is 30.4 Å². The molecule has 0 aromatic carbocycles. The number of carbonyl (C=O) groups is 2. The van der Waals surface area contributed by atoms with E-state index in [-0.39, 0.29) is 11.6 Å². The molecular weight excluding hydrogens is 302 g/mol. The number of rotatable bonds is 3. The average molecular weight is 317 g/mol. The smallest absolute Gasteiger partial charge is 0.359 e. The summed E-state index contributed by atoms with van der Waals surface area (Å²) in [4.78, 5) is 35.0. The quantitative estimate of drug-likeness (QED) is 0.805. The highest BCUT2D eigenvalue weighted by atomic mass is 32.1. The maximum Gasteiger partial charge on any atom is 0.359 e. The van der Waals surface area contributed by atoms with Crippen LogP contribution < -0.4 is 0 Å². The van der Waals surface area contributed by atoms with Gasteiger partial charge >= 0.3 is 5.97 Å². The molecule has 0 bridgehead atoms. The van der Waals surface area contributed by atoms with Crippen molar-refractivity contribution in [1.29, 1.82) is 0 Å². The van der Waals surface area contributed by atoms with Gasteiger partial charge in [0.2, 0.25) is 0 Å². The minimum atomic E-state index is -0.838. The predicted octanol–water partition coefficient (Wildman–Crippen LogP) is 1.67. The Kier molecular flexibility index (Phi) is 4.15. The highest BCUT2D eigenvalue weighted by molar-refractivity contribution is 7.10. The molecule has 7 heteroatoms. The fraction of sp³-hybridized carbons (Fsp3) is 0.333. The number of esters is 1. The lowest BCUT2D eigenvalue weighted by Gasteiger charge is -2.29. The van der Waals surface area contributed by atoms with Crippen molar-refractivity contribution in [2.24, 2.45) is 0 Å². The molecule has 0 radical (unpaired) electrons. The summed E-state index contributed by atoms with van der Waals surface area (Å²) in [5.74, 6) is -0.823. The van der Waals surface area contributed by atoms with Gasteiger partial charge in [-0.1, -0.05) is 0 Å². The molecular formula is C15H15N3O3S. The topological polar surface area (TPSA) is 72.4 Å². The molecule has 6 nitrogen and oxygen atoms in total. The third-order valence-electron chi connectivity index (χ3n) is 3.52. The molecule has 2 aromatic rings. The SMILES string of the molecule is CC(OC(=O)c1cnccn1)C(=O)N1CCc2sccc2C1. The lowest BCUT2D eigenvalue weighted by Crippen LogP contribution is -2.42. The first-order chi connectivity index (χ1) is 10.6. The van der Waals surface area contributed by atoms with Crippen molar-refractivity contribution >= 4 is 23.2 Å². The Morgan fingerprint density at radius 1 is 1.41 bits per heavy atom. The Morgan fingerprint density at radius 3 is 3.05 bits per heavy atom. The number of hydrogen-bond donors (Lipinski definition) is 0. The van der Waals surface area contributed by atoms with Crippen molar-refractivity contribution < 1.29 is 14.3 Å². The van der Waals surface area contributed by atoms with Gasteiger partial charge in [0.25, 0.3) is 5.91 Å². The number of hydrogen-bond acceptors (Lipinski definition) is 6. The molecule has 1 aliphatic heterocycles. The van der Waals surface area contributed by atoms with Crippen molar-refractivity contribution in [2.75, 3.05) is 6.54 Å². The number of thiophene rings is 1. The largest absolute Gasteiger partial charge is 0.448 e. The molecule has 1 unspecified atom stereocenters. The second kappa shape index (κ2) is 6.23. The van der Waals surface area contributed by atoms with Crippen LogP contribution in [0.2, 0.25) is 0 Å². The highest BCUT2D eigenvalue weighted by Gasteiger charge is 2.28. The second-order valence-corrected chi connectivity index (χ2v) is 6.02. The summed E-state index contributed by atoms with van der Waals surface area (Å²) in [6.45, 7) is 2.81. The van der Waals surface area contributed by atoms with Gasteiger partial charge in [0.15, 0.2) is 11.8 Å². The molecule has 1 atom stereocenters. The average Bonchev–Trinajstić information content (AvgIpc) is 3.02. The van der Waals surface area contributed by atoms with E-state index in [1.807, 2.05) is 11.4 Å². The van der Waals surface area contributed by atoms with E-state index in [1.165, 1.54) is 29.0 Å². The molecule has 0 aliphatic carbocycles. The van der Waals surface area contributed by atoms with Gasteiger partial charge in [-0.2, -0.15) is 0 Å². The van der Waals surface area contributed by atoms with E-state index in [0.717, 1.165) is 6.42 Å². The van der Waals surface area contributed by atoms with Crippen LogP contribution in [0.5, 0.6) is 0 Å². The first-order valence-electron chi connectivity index (χ1n) is 6.96. The van der Waals surface area contributed by atoms with Crippen molar-refractivity contribution in [3.8, 4) is 0 Å². The number of nitrogens with zero attached hydrogens (tertiary/aromatic N) is 3. The molecule has 3 rings (SSSR count). The maximum absolute atomic E-state index is 12.4. The zero-order chi connectivity index (χ0) is 15.5. The molecule has 0 saturated carbocycles. The summed E-state index contributed by atoms with van der Waals surface area (Å²) in [7, 11) is 0. The van der Waals surface area contributed by atoms with Gasteiger partial charge < -0.3 is 9.64 Å². The molecule has 1 aliphatic rings. The van der Waals surface area contributed by atoms with Crippen LogP contribution in [-0.4, -0.2) is 39.4 Å². The molecule has 3 heterocycles. The van der Waals surface area contributed by atoms with E-state index in [1.54, 1.807) is 23.2 Å². The van der Waals surface area contributed by atoms with Crippen LogP contribution in [0.25, 0.3) is 0 Å². The van der Waals surface area contributed by atoms with Gasteiger partial charge in [-0.3, -0.25) is 9.78 Å². The summed E-state index contributed by atoms with van der Waals surface area (Å²) in [5, 5.41) is 2.04. The minimum Gasteiger partial charge on any atom is -0.448 e. The van der Waals surface area contributed by atoms with Gasteiger partial charge in [0.1, 0.15) is 0 Å². The molecule has 1 amide bonds. The Hall–Kier alpha value is -2.28. The lowest BCUT2D eigenvalue weighted by atomic mass is 10.1. The molecule has 0 N–H and O–H groups in total. The second-order valence-electron chi connectivity index (χ2n) is 5.02. The van der Waals surface area contributed by atoms with Crippen molar-refractivity contribution in [3.05, 3.63) is 46.2 Å². The monoisotopic (exact) mass is 317 g/mol. The molecule has 2 aromatic heterocycles. The van der Waals surface area contributed by atoms with E-state index < -0.39 is 12.1 Å². The van der Waals surface area contributed by atoms with Crippen molar-refractivity contribution in [1.82, 2.24) is 14.9 Å². The summed E-state index contributed by atoms with van der Waals surface area (Å²) in [5.41, 5.74) is 1.28. The summed E-state index contributed by atoms with van der Waals surface area (Å²) in [6, 6.07) is 2.04. The third-order valence-corrected chi connectivity index (χ3v) is 4.55. The molecule has 0 saturated heterocycles. The number of fused-ring (bicyclic) bond motifs is 1. The van der Waals surface area contributed by atoms with Crippen LogP contribution in [-0.2, 0) is 22.5 Å². The molecule has 0 spiro atoms. The van der Waals surface area contributed by atoms with Gasteiger partial charge in [-0.25, -0.2) is 9.78 Å². The third kappa shape index (κ3) is 2.99. The zero-order valence-electron chi connectivity index (χ0n) is 12.1. The minimum absolute atomic E-state index is 0.0981. The number of carbonyl (C=O) groups excluding carboxylic acids is 2. The standard InChI is InChI=1S/C15H15N3O3S/c1-10(21-15(20)12-8-16-4-5-17-12)14(19)18-6-2-13-11(9-18)3-7-22-13/h3-5,7-8,10H,2,6,9H2,1H3. The molecule has 114 valence electrons. The summed E-state index contributed by atoms with van der Waals surface area (Å²) in [6.07, 6.45) is 4.21. The molecule has 0 fully saturated rings. The maximum atomic E-state index is 12.4. The van der Waals surface area contributed by atoms with E-state index in [2.05, 4.69) is 9.97 Å². The van der Waals surface area contributed by atoms with E-state index in [9.17, 15) is 9.59 Å².